The van der Waals surface area contributed by atoms with Crippen LogP contribution < -0.4 is 10.2 Å². The van der Waals surface area contributed by atoms with E-state index in [1.807, 2.05) is 13.1 Å². The standard InChI is InChI=1S/C29H26N2O/c1-18(32)31(2)21-14-15-27-26(17-21)24-12-7-13-25(24)29(30-27)28-22-10-5-3-8-19(22)16-20-9-4-6-11-23(20)28/h3-12,14-17,24-25,29-30H,13H2,1-2H3. The minimum absolute atomic E-state index is 0.0485. The molecule has 4 aromatic rings. The summed E-state index contributed by atoms with van der Waals surface area (Å²) in [5.74, 6) is 0.830. The van der Waals surface area contributed by atoms with Gasteiger partial charge in [0.25, 0.3) is 0 Å². The average molecular weight is 419 g/mol. The molecular weight excluding hydrogens is 392 g/mol. The van der Waals surface area contributed by atoms with Gasteiger partial charge < -0.3 is 10.2 Å². The number of nitrogens with one attached hydrogen (secondary N) is 1. The highest BCUT2D eigenvalue weighted by Gasteiger charge is 2.39. The maximum atomic E-state index is 11.9. The van der Waals surface area contributed by atoms with E-state index in [2.05, 4.69) is 84.2 Å². The molecule has 0 saturated heterocycles. The second-order valence-corrected chi connectivity index (χ2v) is 9.06. The lowest BCUT2D eigenvalue weighted by Crippen LogP contribution is -2.30. The van der Waals surface area contributed by atoms with Crippen LogP contribution in [0, 0.1) is 5.92 Å². The predicted octanol–water partition coefficient (Wildman–Crippen LogP) is 6.80. The lowest BCUT2D eigenvalue weighted by Gasteiger charge is -2.39. The third kappa shape index (κ3) is 2.85. The predicted molar refractivity (Wildman–Crippen MR) is 133 cm³/mol. The summed E-state index contributed by atoms with van der Waals surface area (Å²) in [7, 11) is 1.84. The molecule has 1 amide bonds. The lowest BCUT2D eigenvalue weighted by molar-refractivity contribution is -0.116. The maximum absolute atomic E-state index is 11.9. The van der Waals surface area contributed by atoms with E-state index in [0.717, 1.165) is 12.1 Å². The van der Waals surface area contributed by atoms with Crippen LogP contribution in [-0.2, 0) is 4.79 Å². The monoisotopic (exact) mass is 418 g/mol. The highest BCUT2D eigenvalue weighted by Crippen LogP contribution is 2.52. The SMILES string of the molecule is CC(=O)N(C)c1ccc2c(c1)C1C=CCC1C(c1c3ccccc3cc3ccccc13)N2. The second kappa shape index (κ2) is 7.23. The third-order valence-electron chi connectivity index (χ3n) is 7.33. The largest absolute Gasteiger partial charge is 0.378 e. The summed E-state index contributed by atoms with van der Waals surface area (Å²) in [4.78, 5) is 13.6. The van der Waals surface area contributed by atoms with Crippen molar-refractivity contribution in [2.45, 2.75) is 25.3 Å². The molecule has 0 fully saturated rings. The van der Waals surface area contributed by atoms with Crippen LogP contribution in [0.15, 0.2) is 84.9 Å². The van der Waals surface area contributed by atoms with Crippen LogP contribution in [0.3, 0.4) is 0 Å². The molecule has 32 heavy (non-hydrogen) atoms. The maximum Gasteiger partial charge on any atom is 0.223 e. The van der Waals surface area contributed by atoms with Crippen molar-refractivity contribution in [1.82, 2.24) is 0 Å². The first-order valence-corrected chi connectivity index (χ1v) is 11.3. The summed E-state index contributed by atoms with van der Waals surface area (Å²) < 4.78 is 0. The van der Waals surface area contributed by atoms with Crippen molar-refractivity contribution in [1.29, 1.82) is 0 Å². The number of carbonyl (C=O) groups is 1. The molecule has 0 bridgehead atoms. The number of anilines is 2. The van der Waals surface area contributed by atoms with Gasteiger partial charge in [-0.15, -0.1) is 0 Å². The quantitative estimate of drug-likeness (QED) is 0.287. The molecule has 3 heteroatoms. The zero-order chi connectivity index (χ0) is 21.8. The van der Waals surface area contributed by atoms with Crippen molar-refractivity contribution in [3.63, 3.8) is 0 Å². The van der Waals surface area contributed by atoms with E-state index in [-0.39, 0.29) is 11.9 Å². The molecule has 158 valence electrons. The van der Waals surface area contributed by atoms with Gasteiger partial charge in [0.15, 0.2) is 0 Å². The highest BCUT2D eigenvalue weighted by molar-refractivity contribution is 6.03. The van der Waals surface area contributed by atoms with E-state index in [9.17, 15) is 4.79 Å². The first-order valence-electron chi connectivity index (χ1n) is 11.3. The van der Waals surface area contributed by atoms with Crippen LogP contribution in [0.1, 0.15) is 36.4 Å². The molecule has 6 rings (SSSR count). The molecule has 4 aromatic carbocycles. The Kier molecular flexibility index (Phi) is 4.32. The van der Waals surface area contributed by atoms with Crippen LogP contribution in [0.2, 0.25) is 0 Å². The molecule has 0 spiro atoms. The number of allylic oxidation sites excluding steroid dienone is 2. The van der Waals surface area contributed by atoms with Crippen molar-refractivity contribution in [3.05, 3.63) is 96.1 Å². The van der Waals surface area contributed by atoms with Gasteiger partial charge in [0.05, 0.1) is 6.04 Å². The summed E-state index contributed by atoms with van der Waals surface area (Å²) in [5, 5.41) is 9.14. The Morgan fingerprint density at radius 3 is 2.31 bits per heavy atom. The van der Waals surface area contributed by atoms with Crippen LogP contribution in [0.25, 0.3) is 21.5 Å². The van der Waals surface area contributed by atoms with E-state index < -0.39 is 0 Å². The summed E-state index contributed by atoms with van der Waals surface area (Å²) in [6.07, 6.45) is 5.74. The van der Waals surface area contributed by atoms with Crippen molar-refractivity contribution in [2.75, 3.05) is 17.3 Å². The Balaban J connectivity index is 1.55. The number of benzene rings is 4. The van der Waals surface area contributed by atoms with Gasteiger partial charge in [0.1, 0.15) is 0 Å². The fraction of sp³-hybridized carbons (Fsp3) is 0.207. The molecule has 3 nitrogen and oxygen atoms in total. The van der Waals surface area contributed by atoms with Crippen molar-refractivity contribution >= 4 is 38.8 Å². The van der Waals surface area contributed by atoms with Crippen molar-refractivity contribution < 1.29 is 4.79 Å². The summed E-state index contributed by atoms with van der Waals surface area (Å²) in [5.41, 5.74) is 4.80. The Hall–Kier alpha value is -3.59. The van der Waals surface area contributed by atoms with Gasteiger partial charge >= 0.3 is 0 Å². The number of nitrogens with zero attached hydrogens (tertiary/aromatic N) is 1. The fourth-order valence-electron chi connectivity index (χ4n) is 5.64. The molecule has 1 N–H and O–H groups in total. The molecule has 3 unspecified atom stereocenters. The second-order valence-electron chi connectivity index (χ2n) is 9.06. The van der Waals surface area contributed by atoms with Crippen molar-refractivity contribution in [3.8, 4) is 0 Å². The normalized spacial score (nSPS) is 21.2. The van der Waals surface area contributed by atoms with E-state index in [1.54, 1.807) is 11.8 Å². The zero-order valence-corrected chi connectivity index (χ0v) is 18.4. The van der Waals surface area contributed by atoms with Gasteiger partial charge in [-0.3, -0.25) is 4.79 Å². The highest BCUT2D eigenvalue weighted by atomic mass is 16.2. The number of hydrogen-bond acceptors (Lipinski definition) is 2. The molecule has 0 radical (unpaired) electrons. The number of fused-ring (bicyclic) bond motifs is 5. The van der Waals surface area contributed by atoms with Crippen LogP contribution in [0.4, 0.5) is 11.4 Å². The molecule has 1 heterocycles. The molecule has 3 atom stereocenters. The van der Waals surface area contributed by atoms with E-state index in [1.165, 1.54) is 38.4 Å². The molecule has 1 aliphatic carbocycles. The smallest absolute Gasteiger partial charge is 0.223 e. The van der Waals surface area contributed by atoms with E-state index in [4.69, 9.17) is 0 Å². The van der Waals surface area contributed by atoms with Gasteiger partial charge in [-0.25, -0.2) is 0 Å². The molecular formula is C29H26N2O. The minimum Gasteiger partial charge on any atom is -0.378 e. The Bertz CT molecular complexity index is 1350. The first-order chi connectivity index (χ1) is 15.6. The Morgan fingerprint density at radius 2 is 1.62 bits per heavy atom. The van der Waals surface area contributed by atoms with E-state index >= 15 is 0 Å². The van der Waals surface area contributed by atoms with Gasteiger partial charge in [-0.2, -0.15) is 0 Å². The number of amides is 1. The topological polar surface area (TPSA) is 32.3 Å². The fourth-order valence-corrected chi connectivity index (χ4v) is 5.64. The first kappa shape index (κ1) is 19.1. The van der Waals surface area contributed by atoms with Crippen LogP contribution in [0.5, 0.6) is 0 Å². The van der Waals surface area contributed by atoms with Crippen LogP contribution >= 0.6 is 0 Å². The van der Waals surface area contributed by atoms with Gasteiger partial charge in [0, 0.05) is 31.3 Å². The zero-order valence-electron chi connectivity index (χ0n) is 18.4. The van der Waals surface area contributed by atoms with Gasteiger partial charge in [0.2, 0.25) is 5.91 Å². The minimum atomic E-state index is 0.0485. The van der Waals surface area contributed by atoms with Gasteiger partial charge in [-0.1, -0.05) is 60.7 Å². The number of carbonyl (C=O) groups excluding carboxylic acids is 1. The molecule has 2 aliphatic rings. The summed E-state index contributed by atoms with van der Waals surface area (Å²) >= 11 is 0. The number of rotatable bonds is 2. The van der Waals surface area contributed by atoms with Gasteiger partial charge in [-0.05, 0) is 69.3 Å². The Labute approximate surface area is 188 Å². The Morgan fingerprint density at radius 1 is 0.938 bits per heavy atom. The molecule has 0 aromatic heterocycles. The average Bonchev–Trinajstić information content (AvgIpc) is 3.32. The summed E-state index contributed by atoms with van der Waals surface area (Å²) in [6.45, 7) is 1.61. The lowest BCUT2D eigenvalue weighted by atomic mass is 9.75. The van der Waals surface area contributed by atoms with Crippen LogP contribution in [-0.4, -0.2) is 13.0 Å². The van der Waals surface area contributed by atoms with Crippen molar-refractivity contribution in [2.24, 2.45) is 5.92 Å². The van der Waals surface area contributed by atoms with E-state index in [0.29, 0.717) is 11.8 Å². The summed E-state index contributed by atoms with van der Waals surface area (Å²) in [6, 6.07) is 26.4. The molecule has 0 saturated carbocycles. The molecule has 1 aliphatic heterocycles. The number of hydrogen-bond donors (Lipinski definition) is 1. The third-order valence-corrected chi connectivity index (χ3v) is 7.33.